The highest BCUT2D eigenvalue weighted by molar-refractivity contribution is 6.05. The van der Waals surface area contributed by atoms with Gasteiger partial charge >= 0.3 is 0 Å². The Balaban J connectivity index is 1.63. The lowest BCUT2D eigenvalue weighted by molar-refractivity contribution is 0.0787. The number of aromatic nitrogens is 1. The molecule has 2 N–H and O–H groups in total. The number of H-pyrrole nitrogens is 1. The maximum absolute atomic E-state index is 12.8. The number of piperidine rings is 1. The number of likely N-dealkylation sites (tertiary alicyclic amines) is 1. The van der Waals surface area contributed by atoms with Gasteiger partial charge in [-0.15, -0.1) is 0 Å². The number of nitrogens with one attached hydrogen (secondary N) is 2. The maximum atomic E-state index is 12.8. The van der Waals surface area contributed by atoms with Gasteiger partial charge in [-0.3, -0.25) is 4.79 Å². The highest BCUT2D eigenvalue weighted by Crippen LogP contribution is 2.27. The second-order valence-electron chi connectivity index (χ2n) is 5.92. The molecule has 20 heavy (non-hydrogen) atoms. The average Bonchev–Trinajstić information content (AvgIpc) is 3.12. The van der Waals surface area contributed by atoms with Gasteiger partial charge in [0.1, 0.15) is 0 Å². The van der Waals surface area contributed by atoms with Gasteiger partial charge in [-0.25, -0.2) is 0 Å². The van der Waals surface area contributed by atoms with Crippen LogP contribution in [0.25, 0.3) is 10.9 Å². The zero-order valence-corrected chi connectivity index (χ0v) is 11.4. The van der Waals surface area contributed by atoms with Crippen LogP contribution in [0, 0.1) is 5.92 Å². The van der Waals surface area contributed by atoms with Crippen molar-refractivity contribution in [3.05, 3.63) is 36.0 Å². The number of carbonyl (C=O) groups is 1. The van der Waals surface area contributed by atoms with Gasteiger partial charge in [0, 0.05) is 30.7 Å². The minimum Gasteiger partial charge on any atom is -0.361 e. The third kappa shape index (κ3) is 1.83. The largest absolute Gasteiger partial charge is 0.361 e. The van der Waals surface area contributed by atoms with Crippen LogP contribution in [0.5, 0.6) is 0 Å². The molecule has 1 aromatic carbocycles. The van der Waals surface area contributed by atoms with Crippen molar-refractivity contribution in [2.75, 3.05) is 19.6 Å². The second-order valence-corrected chi connectivity index (χ2v) is 5.92. The van der Waals surface area contributed by atoms with Crippen molar-refractivity contribution in [1.29, 1.82) is 0 Å². The highest BCUT2D eigenvalue weighted by atomic mass is 16.2. The van der Waals surface area contributed by atoms with Crippen molar-refractivity contribution in [2.45, 2.75) is 18.9 Å². The Hall–Kier alpha value is -1.81. The minimum atomic E-state index is 0.161. The summed E-state index contributed by atoms with van der Waals surface area (Å²) in [7, 11) is 0. The molecule has 1 amide bonds. The van der Waals surface area contributed by atoms with Crippen molar-refractivity contribution < 1.29 is 4.79 Å². The monoisotopic (exact) mass is 269 g/mol. The highest BCUT2D eigenvalue weighted by Gasteiger charge is 2.36. The molecule has 4 heteroatoms. The number of para-hydroxylation sites is 1. The molecule has 0 spiro atoms. The van der Waals surface area contributed by atoms with E-state index in [-0.39, 0.29) is 5.91 Å². The van der Waals surface area contributed by atoms with Crippen LogP contribution in [0.4, 0.5) is 0 Å². The summed E-state index contributed by atoms with van der Waals surface area (Å²) < 4.78 is 0. The lowest BCUT2D eigenvalue weighted by Gasteiger charge is -2.24. The van der Waals surface area contributed by atoms with Crippen molar-refractivity contribution in [2.24, 2.45) is 5.92 Å². The van der Waals surface area contributed by atoms with Crippen molar-refractivity contribution in [1.82, 2.24) is 15.2 Å². The lowest BCUT2D eigenvalue weighted by Crippen LogP contribution is -2.41. The van der Waals surface area contributed by atoms with Gasteiger partial charge in [-0.2, -0.15) is 0 Å². The summed E-state index contributed by atoms with van der Waals surface area (Å²) >= 11 is 0. The van der Waals surface area contributed by atoms with Crippen LogP contribution in [0.2, 0.25) is 0 Å². The molecule has 0 aliphatic carbocycles. The molecule has 2 saturated heterocycles. The SMILES string of the molecule is O=C(c1cccc2cc[nH]c12)N1CC2CCCNC2C1. The number of fused-ring (bicyclic) bond motifs is 2. The van der Waals surface area contributed by atoms with Crippen LogP contribution in [-0.4, -0.2) is 41.5 Å². The number of aromatic amines is 1. The van der Waals surface area contributed by atoms with Crippen molar-refractivity contribution in [3.63, 3.8) is 0 Å². The number of hydrogen-bond acceptors (Lipinski definition) is 2. The topological polar surface area (TPSA) is 48.1 Å². The fraction of sp³-hybridized carbons (Fsp3) is 0.438. The fourth-order valence-electron chi connectivity index (χ4n) is 3.65. The quantitative estimate of drug-likeness (QED) is 0.832. The van der Waals surface area contributed by atoms with Gasteiger partial charge < -0.3 is 15.2 Å². The first-order valence-corrected chi connectivity index (χ1v) is 7.42. The van der Waals surface area contributed by atoms with Crippen LogP contribution in [0.1, 0.15) is 23.2 Å². The Morgan fingerprint density at radius 3 is 3.10 bits per heavy atom. The number of nitrogens with zero attached hydrogens (tertiary/aromatic N) is 1. The first-order chi connectivity index (χ1) is 9.83. The average molecular weight is 269 g/mol. The van der Waals surface area contributed by atoms with Crippen LogP contribution in [0.3, 0.4) is 0 Å². The van der Waals surface area contributed by atoms with Crippen LogP contribution in [-0.2, 0) is 0 Å². The predicted octanol–water partition coefficient (Wildman–Crippen LogP) is 1.99. The molecule has 2 aliphatic heterocycles. The van der Waals surface area contributed by atoms with Crippen molar-refractivity contribution >= 4 is 16.8 Å². The standard InChI is InChI=1S/C16H19N3O/c20-16(13-5-1-3-11-6-8-18-15(11)13)19-9-12-4-2-7-17-14(12)10-19/h1,3,5-6,8,12,14,17-18H,2,4,7,9-10H2. The normalized spacial score (nSPS) is 25.9. The summed E-state index contributed by atoms with van der Waals surface area (Å²) in [6, 6.07) is 8.43. The number of carbonyl (C=O) groups excluding carboxylic acids is 1. The van der Waals surface area contributed by atoms with Crippen LogP contribution >= 0.6 is 0 Å². The van der Waals surface area contributed by atoms with Crippen LogP contribution < -0.4 is 5.32 Å². The smallest absolute Gasteiger partial charge is 0.256 e. The summed E-state index contributed by atoms with van der Waals surface area (Å²) in [4.78, 5) is 18.0. The molecule has 0 radical (unpaired) electrons. The Morgan fingerprint density at radius 1 is 1.25 bits per heavy atom. The molecule has 1 aromatic heterocycles. The second kappa shape index (κ2) is 4.63. The van der Waals surface area contributed by atoms with E-state index in [4.69, 9.17) is 0 Å². The lowest BCUT2D eigenvalue weighted by atomic mass is 9.94. The van der Waals surface area contributed by atoms with E-state index in [2.05, 4.69) is 10.3 Å². The summed E-state index contributed by atoms with van der Waals surface area (Å²) in [5.74, 6) is 0.796. The van der Waals surface area contributed by atoms with E-state index in [1.54, 1.807) is 0 Å². The third-order valence-electron chi connectivity index (χ3n) is 4.70. The molecule has 3 heterocycles. The van der Waals surface area contributed by atoms with E-state index < -0.39 is 0 Å². The van der Waals surface area contributed by atoms with Gasteiger partial charge in [0.25, 0.3) is 5.91 Å². The Morgan fingerprint density at radius 2 is 2.20 bits per heavy atom. The van der Waals surface area contributed by atoms with Crippen LogP contribution in [0.15, 0.2) is 30.5 Å². The fourth-order valence-corrected chi connectivity index (χ4v) is 3.65. The number of amides is 1. The van der Waals surface area contributed by atoms with Gasteiger partial charge in [0.2, 0.25) is 0 Å². The summed E-state index contributed by atoms with van der Waals surface area (Å²) in [6.45, 7) is 2.84. The molecular weight excluding hydrogens is 250 g/mol. The molecule has 4 nitrogen and oxygen atoms in total. The summed E-state index contributed by atoms with van der Waals surface area (Å²) in [5, 5.41) is 4.65. The van der Waals surface area contributed by atoms with E-state index in [0.29, 0.717) is 12.0 Å². The number of benzene rings is 1. The van der Waals surface area contributed by atoms with Gasteiger partial charge in [0.15, 0.2) is 0 Å². The third-order valence-corrected chi connectivity index (χ3v) is 4.70. The zero-order chi connectivity index (χ0) is 13.5. The maximum Gasteiger partial charge on any atom is 0.256 e. The van der Waals surface area contributed by atoms with E-state index in [1.165, 1.54) is 12.8 Å². The molecule has 0 bridgehead atoms. The molecule has 2 atom stereocenters. The number of hydrogen-bond donors (Lipinski definition) is 2. The summed E-state index contributed by atoms with van der Waals surface area (Å²) in [5.41, 5.74) is 1.76. The Bertz CT molecular complexity index is 634. The Kier molecular flexibility index (Phi) is 2.77. The molecule has 2 aliphatic rings. The molecule has 2 fully saturated rings. The molecule has 104 valence electrons. The molecular formula is C16H19N3O. The van der Waals surface area contributed by atoms with Crippen molar-refractivity contribution in [3.8, 4) is 0 Å². The first kappa shape index (κ1) is 12.0. The first-order valence-electron chi connectivity index (χ1n) is 7.42. The zero-order valence-electron chi connectivity index (χ0n) is 11.4. The molecule has 2 aromatic rings. The van der Waals surface area contributed by atoms with E-state index >= 15 is 0 Å². The predicted molar refractivity (Wildman–Crippen MR) is 78.7 cm³/mol. The van der Waals surface area contributed by atoms with E-state index in [0.717, 1.165) is 36.1 Å². The molecule has 4 rings (SSSR count). The van der Waals surface area contributed by atoms with Gasteiger partial charge in [-0.05, 0) is 37.4 Å². The van der Waals surface area contributed by atoms with E-state index in [1.807, 2.05) is 35.4 Å². The van der Waals surface area contributed by atoms with E-state index in [9.17, 15) is 4.79 Å². The summed E-state index contributed by atoms with van der Waals surface area (Å²) in [6.07, 6.45) is 4.37. The minimum absolute atomic E-state index is 0.161. The Labute approximate surface area is 118 Å². The molecule has 0 saturated carbocycles. The number of rotatable bonds is 1. The van der Waals surface area contributed by atoms with Gasteiger partial charge in [-0.1, -0.05) is 12.1 Å². The molecule has 2 unspecified atom stereocenters. The van der Waals surface area contributed by atoms with Gasteiger partial charge in [0.05, 0.1) is 11.1 Å².